The first-order valence-electron chi connectivity index (χ1n) is 4.69. The van der Waals surface area contributed by atoms with Gasteiger partial charge in [0.2, 0.25) is 0 Å². The summed E-state index contributed by atoms with van der Waals surface area (Å²) < 4.78 is 0. The molecule has 0 N–H and O–H groups in total. The molecule has 0 aliphatic heterocycles. The van der Waals surface area contributed by atoms with E-state index in [9.17, 15) is 0 Å². The summed E-state index contributed by atoms with van der Waals surface area (Å²) >= 11 is 4.24. The molecule has 1 aromatic heterocycles. The van der Waals surface area contributed by atoms with Gasteiger partial charge >= 0.3 is 0 Å². The third-order valence-electron chi connectivity index (χ3n) is 0.400. The van der Waals surface area contributed by atoms with Gasteiger partial charge in [0.05, 0.1) is 0 Å². The Morgan fingerprint density at radius 2 is 0.714 bits per heavy atom. The molecule has 0 atom stereocenters. The first kappa shape index (κ1) is 24.0. The molecule has 1 rings (SSSR count). The zero-order valence-electron chi connectivity index (χ0n) is 9.83. The number of halogens is 2. The quantitative estimate of drug-likeness (QED) is 0.565. The maximum atomic E-state index is 3.56. The molecule has 86 valence electrons. The van der Waals surface area contributed by atoms with Crippen molar-refractivity contribution < 1.29 is 0 Å². The Balaban J connectivity index is -0.0000000542. The van der Waals surface area contributed by atoms with Crippen molar-refractivity contribution in [1.29, 1.82) is 0 Å². The van der Waals surface area contributed by atoms with E-state index in [1.54, 1.807) is 0 Å². The van der Waals surface area contributed by atoms with Crippen LogP contribution >= 0.6 is 37.2 Å². The highest BCUT2D eigenvalue weighted by Gasteiger charge is 1.59. The molecule has 0 aromatic carbocycles. The second kappa shape index (κ2) is 50.0. The molecular weight excluding hydrogens is 404 g/mol. The lowest BCUT2D eigenvalue weighted by atomic mass is 11.0. The Hall–Kier alpha value is 0.470. The van der Waals surface area contributed by atoms with Crippen molar-refractivity contribution in [3.8, 4) is 0 Å². The lowest BCUT2D eigenvalue weighted by molar-refractivity contribution is 1.05. The van der Waals surface area contributed by atoms with Crippen LogP contribution in [0.4, 0.5) is 0 Å². The van der Waals surface area contributed by atoms with Gasteiger partial charge in [-0.3, -0.25) is 0 Å². The van der Waals surface area contributed by atoms with Crippen molar-refractivity contribution >= 4 is 37.2 Å². The second-order valence-electron chi connectivity index (χ2n) is 0.794. The topological polar surface area (TPSA) is 38.7 Å². The summed E-state index contributed by atoms with van der Waals surface area (Å²) in [4.78, 5) is 10.7. The van der Waals surface area contributed by atoms with E-state index in [1.807, 2.05) is 41.5 Å². The van der Waals surface area contributed by atoms with E-state index in [0.717, 1.165) is 0 Å². The minimum absolute atomic E-state index is 1.44. The molecule has 0 aliphatic rings. The number of rotatable bonds is 0. The molecule has 0 saturated carbocycles. The number of hydrogen-bond donors (Lipinski definition) is 0. The van der Waals surface area contributed by atoms with E-state index in [1.165, 1.54) is 19.0 Å². The molecule has 14 heavy (non-hydrogen) atoms. The molecule has 0 amide bonds. The van der Waals surface area contributed by atoms with Crippen LogP contribution in [0.15, 0.2) is 19.0 Å². The van der Waals surface area contributed by atoms with Crippen LogP contribution in [0, 0.1) is 0 Å². The summed E-state index contributed by atoms with van der Waals surface area (Å²) in [5.74, 6) is 0. The highest BCUT2D eigenvalue weighted by atomic mass is 128. The first-order valence-corrected chi connectivity index (χ1v) is 11.0. The van der Waals surface area contributed by atoms with Crippen molar-refractivity contribution in [1.82, 2.24) is 15.0 Å². The summed E-state index contributed by atoms with van der Waals surface area (Å²) in [6.07, 6.45) is 4.31. The van der Waals surface area contributed by atoms with Crippen LogP contribution in [-0.4, -0.2) is 15.0 Å². The van der Waals surface area contributed by atoms with E-state index in [-0.39, 0.29) is 0 Å². The SMILES string of the molecule is CC.CC.CC.II.c1ncncn1. The van der Waals surface area contributed by atoms with Crippen LogP contribution in [0.1, 0.15) is 41.5 Å². The summed E-state index contributed by atoms with van der Waals surface area (Å²) in [6.45, 7) is 12.0. The molecule has 0 spiro atoms. The monoisotopic (exact) mass is 425 g/mol. The fourth-order valence-corrected chi connectivity index (χ4v) is 0.205. The molecule has 5 heteroatoms. The molecule has 0 unspecified atom stereocenters. The van der Waals surface area contributed by atoms with E-state index in [4.69, 9.17) is 0 Å². The minimum Gasteiger partial charge on any atom is -0.225 e. The Morgan fingerprint density at radius 3 is 0.786 bits per heavy atom. The number of hydrogen-bond acceptors (Lipinski definition) is 3. The smallest absolute Gasteiger partial charge is 0.119 e. The van der Waals surface area contributed by atoms with Gasteiger partial charge in [0, 0.05) is 37.2 Å². The van der Waals surface area contributed by atoms with Gasteiger partial charge < -0.3 is 0 Å². The lowest BCUT2D eigenvalue weighted by Crippen LogP contribution is -1.73. The molecule has 0 saturated heterocycles. The van der Waals surface area contributed by atoms with Crippen LogP contribution in [0.3, 0.4) is 0 Å². The van der Waals surface area contributed by atoms with Crippen molar-refractivity contribution in [2.75, 3.05) is 0 Å². The van der Waals surface area contributed by atoms with E-state index < -0.39 is 0 Å². The molecule has 1 aromatic rings. The maximum absolute atomic E-state index is 3.56. The maximum Gasteiger partial charge on any atom is 0.119 e. The van der Waals surface area contributed by atoms with Crippen LogP contribution in [0.2, 0.25) is 0 Å². The standard InChI is InChI=1S/C3H3N3.3C2H6.I2/c1-4-2-6-3-5-1;4*1-2/h1-3H;3*1-2H3;. The summed E-state index contributed by atoms with van der Waals surface area (Å²) in [7, 11) is 0. The van der Waals surface area contributed by atoms with Crippen LogP contribution in [-0.2, 0) is 0 Å². The van der Waals surface area contributed by atoms with Crippen molar-refractivity contribution in [3.63, 3.8) is 0 Å². The largest absolute Gasteiger partial charge is 0.225 e. The van der Waals surface area contributed by atoms with Gasteiger partial charge in [-0.15, -0.1) is 0 Å². The molecule has 1 heterocycles. The molecule has 0 bridgehead atoms. The zero-order chi connectivity index (χ0) is 12.2. The molecule has 0 fully saturated rings. The van der Waals surface area contributed by atoms with Gasteiger partial charge in [-0.1, -0.05) is 41.5 Å². The third-order valence-corrected chi connectivity index (χ3v) is 0.400. The predicted molar refractivity (Wildman–Crippen MR) is 81.9 cm³/mol. The average Bonchev–Trinajstić information content (AvgIpc) is 2.41. The summed E-state index contributed by atoms with van der Waals surface area (Å²) in [5.41, 5.74) is 0. The summed E-state index contributed by atoms with van der Waals surface area (Å²) in [5, 5.41) is 0. The van der Waals surface area contributed by atoms with Crippen molar-refractivity contribution in [3.05, 3.63) is 19.0 Å². The van der Waals surface area contributed by atoms with Crippen LogP contribution in [0.5, 0.6) is 0 Å². The fourth-order valence-electron chi connectivity index (χ4n) is 0.205. The molecular formula is C9H21I2N3. The van der Waals surface area contributed by atoms with Crippen molar-refractivity contribution in [2.24, 2.45) is 0 Å². The van der Waals surface area contributed by atoms with Gasteiger partial charge in [-0.25, -0.2) is 15.0 Å². The highest BCUT2D eigenvalue weighted by Crippen LogP contribution is 1.89. The zero-order valence-corrected chi connectivity index (χ0v) is 14.1. The second-order valence-corrected chi connectivity index (χ2v) is 0.794. The summed E-state index contributed by atoms with van der Waals surface area (Å²) in [6, 6.07) is 0. The lowest BCUT2D eigenvalue weighted by Gasteiger charge is -1.69. The molecule has 0 radical (unpaired) electrons. The first-order chi connectivity index (χ1) is 7.00. The van der Waals surface area contributed by atoms with E-state index in [2.05, 4.69) is 52.2 Å². The predicted octanol–water partition coefficient (Wildman–Crippen LogP) is 4.72. The Morgan fingerprint density at radius 1 is 0.571 bits per heavy atom. The number of aromatic nitrogens is 3. The van der Waals surface area contributed by atoms with Gasteiger partial charge in [0.1, 0.15) is 19.0 Å². The Labute approximate surface area is 112 Å². The van der Waals surface area contributed by atoms with Crippen LogP contribution < -0.4 is 0 Å². The van der Waals surface area contributed by atoms with E-state index in [0.29, 0.717) is 0 Å². The minimum atomic E-state index is 1.44. The van der Waals surface area contributed by atoms with Gasteiger partial charge in [-0.05, 0) is 0 Å². The normalized spacial score (nSPS) is 5.14. The third kappa shape index (κ3) is 39.2. The number of nitrogens with zero attached hydrogens (tertiary/aromatic N) is 3. The average molecular weight is 425 g/mol. The molecule has 0 aliphatic carbocycles. The van der Waals surface area contributed by atoms with E-state index >= 15 is 0 Å². The van der Waals surface area contributed by atoms with Crippen LogP contribution in [0.25, 0.3) is 0 Å². The Kier molecular flexibility index (Phi) is 85.6. The Bertz CT molecular complexity index is 90.0. The van der Waals surface area contributed by atoms with Crippen molar-refractivity contribution in [2.45, 2.75) is 41.5 Å². The van der Waals surface area contributed by atoms with Gasteiger partial charge in [0.15, 0.2) is 0 Å². The fraction of sp³-hybridized carbons (Fsp3) is 0.667. The highest BCUT2D eigenvalue weighted by molar-refractivity contribution is 15.0. The van der Waals surface area contributed by atoms with Gasteiger partial charge in [0.25, 0.3) is 0 Å². The van der Waals surface area contributed by atoms with Gasteiger partial charge in [-0.2, -0.15) is 0 Å². The molecule has 3 nitrogen and oxygen atoms in total.